The second-order valence-corrected chi connectivity index (χ2v) is 6.38. The van der Waals surface area contributed by atoms with Crippen LogP contribution in [0.4, 0.5) is 5.69 Å². The van der Waals surface area contributed by atoms with Crippen LogP contribution in [0.2, 0.25) is 0 Å². The van der Waals surface area contributed by atoms with Gasteiger partial charge in [0.2, 0.25) is 0 Å². The number of ether oxygens (including phenoxy) is 1. The smallest absolute Gasteiger partial charge is 0.254 e. The number of para-hydroxylation sites is 1. The van der Waals surface area contributed by atoms with Gasteiger partial charge < -0.3 is 15.2 Å². The molecule has 0 aliphatic carbocycles. The highest BCUT2D eigenvalue weighted by molar-refractivity contribution is 7.99. The molecule has 0 spiro atoms. The lowest BCUT2D eigenvalue weighted by molar-refractivity contribution is -0.124. The van der Waals surface area contributed by atoms with Crippen molar-refractivity contribution in [3.05, 3.63) is 53.6 Å². The largest absolute Gasteiger partial charge is 0.497 e. The molecule has 4 nitrogen and oxygen atoms in total. The standard InChI is InChI=1S/C17H17NO3S/c1-10-4-3-5-13-14(10)18-17(20)15(19)16(22-13)11-6-8-12(21-2)9-7-11/h3-9,15-16,19H,1-2H3,(H,18,20). The van der Waals surface area contributed by atoms with Crippen LogP contribution in [0.3, 0.4) is 0 Å². The summed E-state index contributed by atoms with van der Waals surface area (Å²) in [7, 11) is 1.61. The van der Waals surface area contributed by atoms with Gasteiger partial charge >= 0.3 is 0 Å². The molecule has 2 unspecified atom stereocenters. The molecule has 0 saturated carbocycles. The monoisotopic (exact) mass is 315 g/mol. The average Bonchev–Trinajstić information content (AvgIpc) is 2.66. The number of aliphatic hydroxyl groups is 1. The van der Waals surface area contributed by atoms with Crippen LogP contribution >= 0.6 is 11.8 Å². The molecular weight excluding hydrogens is 298 g/mol. The molecule has 0 saturated heterocycles. The molecule has 2 aromatic carbocycles. The molecular formula is C17H17NO3S. The normalized spacial score (nSPS) is 20.8. The summed E-state index contributed by atoms with van der Waals surface area (Å²) in [6.07, 6.45) is -1.11. The van der Waals surface area contributed by atoms with Gasteiger partial charge in [-0.2, -0.15) is 0 Å². The van der Waals surface area contributed by atoms with Gasteiger partial charge in [-0.1, -0.05) is 24.3 Å². The number of thioether (sulfide) groups is 1. The van der Waals surface area contributed by atoms with E-state index >= 15 is 0 Å². The number of nitrogens with one attached hydrogen (secondary N) is 1. The van der Waals surface area contributed by atoms with Gasteiger partial charge in [0.25, 0.3) is 5.91 Å². The molecule has 1 aliphatic heterocycles. The Labute approximate surface area is 133 Å². The van der Waals surface area contributed by atoms with Crippen LogP contribution in [0.15, 0.2) is 47.4 Å². The number of amides is 1. The predicted octanol–water partition coefficient (Wildman–Crippen LogP) is 3.15. The van der Waals surface area contributed by atoms with Gasteiger partial charge in [-0.3, -0.25) is 4.79 Å². The van der Waals surface area contributed by atoms with Crippen molar-refractivity contribution in [2.45, 2.75) is 23.2 Å². The van der Waals surface area contributed by atoms with E-state index in [1.165, 1.54) is 11.8 Å². The van der Waals surface area contributed by atoms with Crippen molar-refractivity contribution in [3.8, 4) is 5.75 Å². The number of carbonyl (C=O) groups excluding carboxylic acids is 1. The van der Waals surface area contributed by atoms with Gasteiger partial charge in [0.1, 0.15) is 11.9 Å². The molecule has 1 heterocycles. The Morgan fingerprint density at radius 3 is 2.59 bits per heavy atom. The Bertz CT molecular complexity index is 700. The molecule has 0 bridgehead atoms. The predicted molar refractivity (Wildman–Crippen MR) is 87.4 cm³/mol. The summed E-state index contributed by atoms with van der Waals surface area (Å²) in [6, 6.07) is 13.3. The summed E-state index contributed by atoms with van der Waals surface area (Å²) in [4.78, 5) is 13.2. The summed E-state index contributed by atoms with van der Waals surface area (Å²) in [5.41, 5.74) is 2.66. The number of hydrogen-bond acceptors (Lipinski definition) is 4. The Kier molecular flexibility index (Phi) is 4.09. The molecule has 0 radical (unpaired) electrons. The van der Waals surface area contributed by atoms with Crippen molar-refractivity contribution in [2.75, 3.05) is 12.4 Å². The van der Waals surface area contributed by atoms with Gasteiger partial charge in [0.05, 0.1) is 18.0 Å². The minimum Gasteiger partial charge on any atom is -0.497 e. The summed E-state index contributed by atoms with van der Waals surface area (Å²) in [5.74, 6) is 0.374. The van der Waals surface area contributed by atoms with E-state index in [1.807, 2.05) is 49.4 Å². The highest BCUT2D eigenvalue weighted by atomic mass is 32.2. The van der Waals surface area contributed by atoms with Crippen LogP contribution in [-0.2, 0) is 4.79 Å². The topological polar surface area (TPSA) is 58.6 Å². The number of aryl methyl sites for hydroxylation is 1. The third kappa shape index (κ3) is 2.69. The maximum absolute atomic E-state index is 12.2. The minimum atomic E-state index is -1.11. The Hall–Kier alpha value is -1.98. The van der Waals surface area contributed by atoms with Crippen molar-refractivity contribution in [1.82, 2.24) is 0 Å². The zero-order valence-corrected chi connectivity index (χ0v) is 13.2. The maximum Gasteiger partial charge on any atom is 0.254 e. The van der Waals surface area contributed by atoms with Crippen LogP contribution < -0.4 is 10.1 Å². The van der Waals surface area contributed by atoms with E-state index in [2.05, 4.69) is 5.32 Å². The number of methoxy groups -OCH3 is 1. The number of anilines is 1. The number of aliphatic hydroxyl groups excluding tert-OH is 1. The first-order chi connectivity index (χ1) is 10.6. The summed E-state index contributed by atoms with van der Waals surface area (Å²) in [6.45, 7) is 1.94. The van der Waals surface area contributed by atoms with E-state index in [9.17, 15) is 9.90 Å². The molecule has 0 aromatic heterocycles. The number of benzene rings is 2. The van der Waals surface area contributed by atoms with E-state index in [0.29, 0.717) is 0 Å². The molecule has 1 aliphatic rings. The lowest BCUT2D eigenvalue weighted by Gasteiger charge is -2.19. The van der Waals surface area contributed by atoms with Crippen molar-refractivity contribution >= 4 is 23.4 Å². The molecule has 5 heteroatoms. The van der Waals surface area contributed by atoms with Crippen molar-refractivity contribution in [2.24, 2.45) is 0 Å². The number of fused-ring (bicyclic) bond motifs is 1. The fraction of sp³-hybridized carbons (Fsp3) is 0.235. The molecule has 0 fully saturated rings. The summed E-state index contributed by atoms with van der Waals surface area (Å²) in [5, 5.41) is 12.9. The number of rotatable bonds is 2. The van der Waals surface area contributed by atoms with Crippen molar-refractivity contribution in [3.63, 3.8) is 0 Å². The van der Waals surface area contributed by atoms with Crippen molar-refractivity contribution < 1.29 is 14.6 Å². The van der Waals surface area contributed by atoms with Gasteiger partial charge in [-0.25, -0.2) is 0 Å². The first-order valence-electron chi connectivity index (χ1n) is 6.99. The summed E-state index contributed by atoms with van der Waals surface area (Å²) < 4.78 is 5.15. The lowest BCUT2D eigenvalue weighted by atomic mass is 10.1. The molecule has 2 N–H and O–H groups in total. The zero-order chi connectivity index (χ0) is 15.7. The summed E-state index contributed by atoms with van der Waals surface area (Å²) >= 11 is 1.50. The molecule has 1 amide bonds. The highest BCUT2D eigenvalue weighted by Crippen LogP contribution is 2.44. The van der Waals surface area contributed by atoms with Crippen LogP contribution in [0, 0.1) is 6.92 Å². The van der Waals surface area contributed by atoms with E-state index in [-0.39, 0.29) is 11.2 Å². The van der Waals surface area contributed by atoms with Crippen molar-refractivity contribution in [1.29, 1.82) is 0 Å². The Morgan fingerprint density at radius 1 is 1.18 bits per heavy atom. The zero-order valence-electron chi connectivity index (χ0n) is 12.4. The second kappa shape index (κ2) is 6.02. The molecule has 2 atom stereocenters. The second-order valence-electron chi connectivity index (χ2n) is 5.19. The lowest BCUT2D eigenvalue weighted by Crippen LogP contribution is -2.30. The third-order valence-electron chi connectivity index (χ3n) is 3.74. The number of hydrogen-bond donors (Lipinski definition) is 2. The van der Waals surface area contributed by atoms with E-state index in [0.717, 1.165) is 27.5 Å². The SMILES string of the molecule is COc1ccc(C2Sc3cccc(C)c3NC(=O)C2O)cc1. The first-order valence-corrected chi connectivity index (χ1v) is 7.87. The van der Waals surface area contributed by atoms with Crippen LogP contribution in [-0.4, -0.2) is 24.2 Å². The molecule has 114 valence electrons. The van der Waals surface area contributed by atoms with Gasteiger partial charge in [0.15, 0.2) is 0 Å². The first kappa shape index (κ1) is 14.9. The molecule has 2 aromatic rings. The van der Waals surface area contributed by atoms with Crippen LogP contribution in [0.5, 0.6) is 5.75 Å². The molecule has 3 rings (SSSR count). The average molecular weight is 315 g/mol. The van der Waals surface area contributed by atoms with Gasteiger partial charge in [-0.05, 0) is 36.2 Å². The minimum absolute atomic E-state index is 0.353. The third-order valence-corrected chi connectivity index (χ3v) is 5.11. The fourth-order valence-corrected chi connectivity index (χ4v) is 3.79. The van der Waals surface area contributed by atoms with E-state index in [1.54, 1.807) is 7.11 Å². The molecule has 22 heavy (non-hydrogen) atoms. The van der Waals surface area contributed by atoms with E-state index < -0.39 is 6.10 Å². The number of carbonyl (C=O) groups is 1. The van der Waals surface area contributed by atoms with Gasteiger partial charge in [0, 0.05) is 4.90 Å². The van der Waals surface area contributed by atoms with Crippen LogP contribution in [0.25, 0.3) is 0 Å². The van der Waals surface area contributed by atoms with Gasteiger partial charge in [-0.15, -0.1) is 11.8 Å². The Balaban J connectivity index is 2.01. The highest BCUT2D eigenvalue weighted by Gasteiger charge is 2.33. The fourth-order valence-electron chi connectivity index (χ4n) is 2.48. The van der Waals surface area contributed by atoms with E-state index in [4.69, 9.17) is 4.74 Å². The quantitative estimate of drug-likeness (QED) is 0.894. The Morgan fingerprint density at radius 2 is 1.91 bits per heavy atom. The van der Waals surface area contributed by atoms with Crippen LogP contribution in [0.1, 0.15) is 16.4 Å². The maximum atomic E-state index is 12.2.